The van der Waals surface area contributed by atoms with E-state index in [1.54, 1.807) is 25.7 Å². The Balaban J connectivity index is 1.80. The maximum absolute atomic E-state index is 12.8. The van der Waals surface area contributed by atoms with Gasteiger partial charge in [-0.1, -0.05) is 24.3 Å². The number of hydrogen-bond acceptors (Lipinski definition) is 2. The van der Waals surface area contributed by atoms with Crippen molar-refractivity contribution in [2.75, 3.05) is 7.11 Å². The highest BCUT2D eigenvalue weighted by molar-refractivity contribution is 5.59. The largest absolute Gasteiger partial charge is 0.497 e. The van der Waals surface area contributed by atoms with Crippen molar-refractivity contribution in [1.29, 1.82) is 0 Å². The zero-order valence-corrected chi connectivity index (χ0v) is 12.9. The van der Waals surface area contributed by atoms with E-state index < -0.39 is 11.7 Å². The molecule has 3 aromatic rings. The Hall–Kier alpha value is -2.76. The SMILES string of the molecule is COc1ccc(Cn2cnc(-c3cccc(C(F)(F)F)c3)c2)cc1. The van der Waals surface area contributed by atoms with Crippen LogP contribution in [0.15, 0.2) is 61.1 Å². The number of methoxy groups -OCH3 is 1. The first-order chi connectivity index (χ1) is 11.5. The molecular formula is C18H15F3N2O. The molecule has 3 nitrogen and oxygen atoms in total. The highest BCUT2D eigenvalue weighted by atomic mass is 19.4. The summed E-state index contributed by atoms with van der Waals surface area (Å²) in [5.41, 5.74) is 1.32. The van der Waals surface area contributed by atoms with Crippen LogP contribution in [0.3, 0.4) is 0 Å². The van der Waals surface area contributed by atoms with Crippen molar-refractivity contribution in [3.63, 3.8) is 0 Å². The highest BCUT2D eigenvalue weighted by Gasteiger charge is 2.30. The van der Waals surface area contributed by atoms with Crippen LogP contribution in [-0.2, 0) is 12.7 Å². The number of rotatable bonds is 4. The third kappa shape index (κ3) is 3.59. The van der Waals surface area contributed by atoms with Gasteiger partial charge < -0.3 is 9.30 Å². The number of aromatic nitrogens is 2. The summed E-state index contributed by atoms with van der Waals surface area (Å²) in [6.07, 6.45) is -1.01. The maximum atomic E-state index is 12.8. The molecule has 0 amide bonds. The molecule has 3 rings (SSSR count). The zero-order chi connectivity index (χ0) is 17.2. The monoisotopic (exact) mass is 332 g/mol. The Morgan fingerprint density at radius 3 is 2.50 bits per heavy atom. The van der Waals surface area contributed by atoms with E-state index in [1.807, 2.05) is 28.8 Å². The molecule has 0 N–H and O–H groups in total. The third-order valence-electron chi connectivity index (χ3n) is 3.64. The van der Waals surface area contributed by atoms with Crippen molar-refractivity contribution < 1.29 is 17.9 Å². The van der Waals surface area contributed by atoms with Gasteiger partial charge in [-0.2, -0.15) is 13.2 Å². The molecule has 0 spiro atoms. The predicted octanol–water partition coefficient (Wildman–Crippen LogP) is 4.63. The van der Waals surface area contributed by atoms with Crippen LogP contribution in [0.2, 0.25) is 0 Å². The minimum Gasteiger partial charge on any atom is -0.497 e. The van der Waals surface area contributed by atoms with Gasteiger partial charge in [-0.05, 0) is 29.8 Å². The van der Waals surface area contributed by atoms with E-state index >= 15 is 0 Å². The summed E-state index contributed by atoms with van der Waals surface area (Å²) < 4.78 is 45.3. The van der Waals surface area contributed by atoms with Crippen LogP contribution in [0, 0.1) is 0 Å². The van der Waals surface area contributed by atoms with E-state index in [0.29, 0.717) is 17.8 Å². The molecule has 1 heterocycles. The molecule has 0 saturated heterocycles. The first kappa shape index (κ1) is 16.1. The first-order valence-corrected chi connectivity index (χ1v) is 7.28. The van der Waals surface area contributed by atoms with Gasteiger partial charge in [0.15, 0.2) is 0 Å². The van der Waals surface area contributed by atoms with Gasteiger partial charge in [-0.25, -0.2) is 4.98 Å². The van der Waals surface area contributed by atoms with E-state index in [4.69, 9.17) is 4.74 Å². The van der Waals surface area contributed by atoms with E-state index in [0.717, 1.165) is 23.4 Å². The van der Waals surface area contributed by atoms with Crippen LogP contribution in [-0.4, -0.2) is 16.7 Å². The second-order valence-electron chi connectivity index (χ2n) is 5.36. The van der Waals surface area contributed by atoms with Gasteiger partial charge in [0.25, 0.3) is 0 Å². The lowest BCUT2D eigenvalue weighted by molar-refractivity contribution is -0.137. The van der Waals surface area contributed by atoms with Crippen molar-refractivity contribution >= 4 is 0 Å². The number of imidazole rings is 1. The summed E-state index contributed by atoms with van der Waals surface area (Å²) in [6.45, 7) is 0.579. The summed E-state index contributed by atoms with van der Waals surface area (Å²) in [5, 5.41) is 0. The van der Waals surface area contributed by atoms with E-state index in [1.165, 1.54) is 6.07 Å². The quantitative estimate of drug-likeness (QED) is 0.697. The van der Waals surface area contributed by atoms with Crippen LogP contribution in [0.4, 0.5) is 13.2 Å². The lowest BCUT2D eigenvalue weighted by atomic mass is 10.1. The van der Waals surface area contributed by atoms with Gasteiger partial charge >= 0.3 is 6.18 Å². The molecule has 0 atom stereocenters. The molecule has 0 unspecified atom stereocenters. The number of halogens is 3. The highest BCUT2D eigenvalue weighted by Crippen LogP contribution is 2.31. The van der Waals surface area contributed by atoms with Gasteiger partial charge in [0.2, 0.25) is 0 Å². The van der Waals surface area contributed by atoms with Gasteiger partial charge in [0.1, 0.15) is 5.75 Å². The summed E-state index contributed by atoms with van der Waals surface area (Å²) in [7, 11) is 1.60. The minimum atomic E-state index is -4.36. The van der Waals surface area contributed by atoms with Crippen molar-refractivity contribution in [2.45, 2.75) is 12.7 Å². The number of benzene rings is 2. The van der Waals surface area contributed by atoms with Crippen LogP contribution < -0.4 is 4.74 Å². The number of alkyl halides is 3. The maximum Gasteiger partial charge on any atom is 0.416 e. The molecular weight excluding hydrogens is 317 g/mol. The standard InChI is InChI=1S/C18H15F3N2O/c1-24-16-7-5-13(6-8-16)10-23-11-17(22-12-23)14-3-2-4-15(9-14)18(19,20)21/h2-9,11-12H,10H2,1H3. The molecule has 2 aromatic carbocycles. The second kappa shape index (κ2) is 6.39. The summed E-state index contributed by atoms with van der Waals surface area (Å²) in [4.78, 5) is 4.21. The van der Waals surface area contributed by atoms with Gasteiger partial charge in [-0.15, -0.1) is 0 Å². The Bertz CT molecular complexity index is 823. The van der Waals surface area contributed by atoms with Crippen LogP contribution in [0.25, 0.3) is 11.3 Å². The molecule has 6 heteroatoms. The molecule has 0 bridgehead atoms. The van der Waals surface area contributed by atoms with Gasteiger partial charge in [-0.3, -0.25) is 0 Å². The Kier molecular flexibility index (Phi) is 4.29. The molecule has 0 aliphatic heterocycles. The fourth-order valence-corrected chi connectivity index (χ4v) is 2.39. The first-order valence-electron chi connectivity index (χ1n) is 7.28. The molecule has 0 radical (unpaired) electrons. The van der Waals surface area contributed by atoms with Crippen LogP contribution in [0.5, 0.6) is 5.75 Å². The van der Waals surface area contributed by atoms with Crippen molar-refractivity contribution in [3.05, 3.63) is 72.2 Å². The van der Waals surface area contributed by atoms with Gasteiger partial charge in [0, 0.05) is 18.3 Å². The fourth-order valence-electron chi connectivity index (χ4n) is 2.39. The third-order valence-corrected chi connectivity index (χ3v) is 3.64. The molecule has 0 fully saturated rings. The summed E-state index contributed by atoms with van der Waals surface area (Å²) in [5.74, 6) is 0.772. The summed E-state index contributed by atoms with van der Waals surface area (Å²) >= 11 is 0. The predicted molar refractivity (Wildman–Crippen MR) is 84.8 cm³/mol. The topological polar surface area (TPSA) is 27.1 Å². The molecule has 0 aliphatic carbocycles. The minimum absolute atomic E-state index is 0.443. The average molecular weight is 332 g/mol. The molecule has 1 aromatic heterocycles. The fraction of sp³-hybridized carbons (Fsp3) is 0.167. The van der Waals surface area contributed by atoms with E-state index in [-0.39, 0.29) is 0 Å². The van der Waals surface area contributed by atoms with Crippen LogP contribution >= 0.6 is 0 Å². The number of hydrogen-bond donors (Lipinski definition) is 0. The lowest BCUT2D eigenvalue weighted by Gasteiger charge is -2.07. The zero-order valence-electron chi connectivity index (χ0n) is 12.9. The molecule has 24 heavy (non-hydrogen) atoms. The molecule has 124 valence electrons. The Labute approximate surface area is 137 Å². The smallest absolute Gasteiger partial charge is 0.416 e. The molecule has 0 aliphatic rings. The number of nitrogens with zero attached hydrogens (tertiary/aromatic N) is 2. The Morgan fingerprint density at radius 1 is 1.08 bits per heavy atom. The van der Waals surface area contributed by atoms with Crippen molar-refractivity contribution in [1.82, 2.24) is 9.55 Å². The van der Waals surface area contributed by atoms with Crippen LogP contribution in [0.1, 0.15) is 11.1 Å². The normalized spacial score (nSPS) is 11.5. The van der Waals surface area contributed by atoms with E-state index in [2.05, 4.69) is 4.98 Å². The lowest BCUT2D eigenvalue weighted by Crippen LogP contribution is -2.04. The van der Waals surface area contributed by atoms with Gasteiger partial charge in [0.05, 0.1) is 24.7 Å². The second-order valence-corrected chi connectivity index (χ2v) is 5.36. The van der Waals surface area contributed by atoms with E-state index in [9.17, 15) is 13.2 Å². The Morgan fingerprint density at radius 2 is 1.83 bits per heavy atom. The number of ether oxygens (including phenoxy) is 1. The average Bonchev–Trinajstić information content (AvgIpc) is 3.03. The summed E-state index contributed by atoms with van der Waals surface area (Å²) in [6, 6.07) is 12.8. The van der Waals surface area contributed by atoms with Crippen molar-refractivity contribution in [2.24, 2.45) is 0 Å². The molecule has 0 saturated carbocycles. The van der Waals surface area contributed by atoms with Crippen molar-refractivity contribution in [3.8, 4) is 17.0 Å².